The predicted octanol–water partition coefficient (Wildman–Crippen LogP) is 5.26. The second-order valence-corrected chi connectivity index (χ2v) is 12.6. The van der Waals surface area contributed by atoms with E-state index < -0.39 is 15.9 Å². The molecule has 1 saturated carbocycles. The maximum absolute atomic E-state index is 13.1. The van der Waals surface area contributed by atoms with Crippen LogP contribution in [-0.4, -0.2) is 40.6 Å². The lowest BCUT2D eigenvalue weighted by atomic mass is 9.70. The monoisotopic (exact) mass is 558 g/mol. The summed E-state index contributed by atoms with van der Waals surface area (Å²) in [6, 6.07) is 10.8. The first kappa shape index (κ1) is 27.0. The Morgan fingerprint density at radius 2 is 1.95 bits per heavy atom. The number of fused-ring (bicyclic) bond motifs is 3. The van der Waals surface area contributed by atoms with Gasteiger partial charge in [-0.2, -0.15) is 0 Å². The number of aryl methyl sites for hydroxylation is 1. The van der Waals surface area contributed by atoms with Crippen molar-refractivity contribution in [1.82, 2.24) is 4.72 Å². The van der Waals surface area contributed by atoms with Crippen LogP contribution in [0.1, 0.15) is 49.7 Å². The van der Waals surface area contributed by atoms with E-state index in [2.05, 4.69) is 9.62 Å². The third-order valence-corrected chi connectivity index (χ3v) is 9.60. The SMILES string of the molecule is CO[C@@H]1/C=C/CCC(=O)NS(=O)(=O)c2ccc3c(c2)N(CCCCc2cc(Cl)ccc2CO3)C[C@@H]2CC[C@H]21. The van der Waals surface area contributed by atoms with E-state index in [4.69, 9.17) is 21.1 Å². The number of halogens is 1. The molecule has 2 aliphatic heterocycles. The Balaban J connectivity index is 1.55. The molecule has 1 aliphatic carbocycles. The molecule has 1 N–H and O–H groups in total. The first-order valence-corrected chi connectivity index (χ1v) is 15.2. The number of carbonyl (C=O) groups is 1. The summed E-state index contributed by atoms with van der Waals surface area (Å²) >= 11 is 6.28. The number of amides is 1. The average molecular weight is 559 g/mol. The van der Waals surface area contributed by atoms with Crippen molar-refractivity contribution >= 4 is 33.2 Å². The van der Waals surface area contributed by atoms with Crippen molar-refractivity contribution in [3.8, 4) is 5.75 Å². The van der Waals surface area contributed by atoms with Crippen molar-refractivity contribution in [2.75, 3.05) is 25.1 Å². The second-order valence-electron chi connectivity index (χ2n) is 10.4. The molecule has 7 nitrogen and oxygen atoms in total. The quantitative estimate of drug-likeness (QED) is 0.481. The van der Waals surface area contributed by atoms with Crippen LogP contribution < -0.4 is 14.4 Å². The maximum atomic E-state index is 13.1. The zero-order chi connectivity index (χ0) is 26.7. The smallest absolute Gasteiger partial charge is 0.264 e. The number of allylic oxidation sites excluding steroid dienone is 1. The van der Waals surface area contributed by atoms with Crippen molar-refractivity contribution in [2.24, 2.45) is 11.8 Å². The average Bonchev–Trinajstić information content (AvgIpc) is 2.90. The van der Waals surface area contributed by atoms with Crippen molar-refractivity contribution in [1.29, 1.82) is 0 Å². The van der Waals surface area contributed by atoms with Gasteiger partial charge in [0.2, 0.25) is 5.91 Å². The van der Waals surface area contributed by atoms with Crippen LogP contribution in [0.25, 0.3) is 0 Å². The van der Waals surface area contributed by atoms with Gasteiger partial charge in [-0.05, 0) is 91.8 Å². The third-order valence-electron chi connectivity index (χ3n) is 7.99. The first-order chi connectivity index (χ1) is 18.3. The lowest BCUT2D eigenvalue weighted by molar-refractivity contribution is -0.119. The molecule has 0 spiro atoms. The fourth-order valence-electron chi connectivity index (χ4n) is 5.72. The van der Waals surface area contributed by atoms with Crippen LogP contribution in [0.4, 0.5) is 5.69 Å². The Morgan fingerprint density at radius 3 is 2.74 bits per heavy atom. The lowest BCUT2D eigenvalue weighted by Crippen LogP contribution is -2.43. The minimum atomic E-state index is -4.02. The van der Waals surface area contributed by atoms with E-state index in [1.807, 2.05) is 30.4 Å². The van der Waals surface area contributed by atoms with Crippen LogP contribution in [-0.2, 0) is 32.6 Å². The van der Waals surface area contributed by atoms with Gasteiger partial charge in [0.25, 0.3) is 10.0 Å². The zero-order valence-electron chi connectivity index (χ0n) is 21.7. The number of carbonyl (C=O) groups excluding carboxylic acids is 1. The minimum absolute atomic E-state index is 0.0316. The molecule has 9 heteroatoms. The van der Waals surface area contributed by atoms with Gasteiger partial charge in [-0.1, -0.05) is 29.8 Å². The summed E-state index contributed by atoms with van der Waals surface area (Å²) in [5, 5.41) is 0.712. The molecule has 0 saturated heterocycles. The lowest BCUT2D eigenvalue weighted by Gasteiger charge is -2.43. The van der Waals surface area contributed by atoms with Crippen molar-refractivity contribution < 1.29 is 22.7 Å². The molecular formula is C29H35ClN2O5S. The molecule has 3 aliphatic rings. The number of anilines is 1. The van der Waals surface area contributed by atoms with Crippen molar-refractivity contribution in [3.63, 3.8) is 0 Å². The number of rotatable bonds is 1. The van der Waals surface area contributed by atoms with Crippen molar-refractivity contribution in [2.45, 2.75) is 62.6 Å². The van der Waals surface area contributed by atoms with Crippen LogP contribution in [0.3, 0.4) is 0 Å². The number of ether oxygens (including phenoxy) is 2. The number of methoxy groups -OCH3 is 1. The van der Waals surface area contributed by atoms with Gasteiger partial charge in [0.1, 0.15) is 12.4 Å². The Morgan fingerprint density at radius 1 is 1.08 bits per heavy atom. The molecule has 0 unspecified atom stereocenters. The molecule has 1 amide bonds. The summed E-state index contributed by atoms with van der Waals surface area (Å²) < 4.78 is 40.7. The van der Waals surface area contributed by atoms with E-state index >= 15 is 0 Å². The van der Waals surface area contributed by atoms with Crippen LogP contribution in [0.15, 0.2) is 53.4 Å². The molecule has 38 heavy (non-hydrogen) atoms. The van der Waals surface area contributed by atoms with Crippen LogP contribution >= 0.6 is 11.6 Å². The van der Waals surface area contributed by atoms with Crippen LogP contribution in [0.5, 0.6) is 5.75 Å². The topological polar surface area (TPSA) is 84.9 Å². The van der Waals surface area contributed by atoms with E-state index in [-0.39, 0.29) is 17.4 Å². The molecule has 1 fully saturated rings. The molecule has 5 rings (SSSR count). The summed E-state index contributed by atoms with van der Waals surface area (Å²) in [5.74, 6) is 0.876. The zero-order valence-corrected chi connectivity index (χ0v) is 23.3. The molecule has 204 valence electrons. The fraction of sp³-hybridized carbons (Fsp3) is 0.483. The number of hydrogen-bond acceptors (Lipinski definition) is 6. The van der Waals surface area contributed by atoms with Gasteiger partial charge in [-0.15, -0.1) is 0 Å². The van der Waals surface area contributed by atoms with E-state index in [1.165, 1.54) is 11.6 Å². The highest BCUT2D eigenvalue weighted by Gasteiger charge is 2.37. The highest BCUT2D eigenvalue weighted by Crippen LogP contribution is 2.41. The van der Waals surface area contributed by atoms with Gasteiger partial charge in [0.05, 0.1) is 16.7 Å². The highest BCUT2D eigenvalue weighted by atomic mass is 35.5. The fourth-order valence-corrected chi connectivity index (χ4v) is 6.95. The number of sulfonamides is 1. The second kappa shape index (κ2) is 11.7. The van der Waals surface area contributed by atoms with Gasteiger partial charge in [-0.3, -0.25) is 4.79 Å². The summed E-state index contributed by atoms with van der Waals surface area (Å²) in [7, 11) is -2.30. The van der Waals surface area contributed by atoms with Gasteiger partial charge < -0.3 is 14.4 Å². The largest absolute Gasteiger partial charge is 0.487 e. The third kappa shape index (κ3) is 6.03. The van der Waals surface area contributed by atoms with E-state index in [0.717, 1.165) is 56.4 Å². The molecule has 2 bridgehead atoms. The van der Waals surface area contributed by atoms with Crippen LogP contribution in [0.2, 0.25) is 5.02 Å². The highest BCUT2D eigenvalue weighted by molar-refractivity contribution is 7.90. The summed E-state index contributed by atoms with van der Waals surface area (Å²) in [4.78, 5) is 14.8. The summed E-state index contributed by atoms with van der Waals surface area (Å²) in [5.41, 5.74) is 2.99. The minimum Gasteiger partial charge on any atom is -0.487 e. The van der Waals surface area contributed by atoms with Gasteiger partial charge in [0.15, 0.2) is 0 Å². The number of hydrogen-bond donors (Lipinski definition) is 1. The number of benzene rings is 2. The molecule has 0 radical (unpaired) electrons. The number of nitrogens with zero attached hydrogens (tertiary/aromatic N) is 1. The number of nitrogens with one attached hydrogen (secondary N) is 1. The van der Waals surface area contributed by atoms with Gasteiger partial charge in [-0.25, -0.2) is 13.1 Å². The summed E-state index contributed by atoms with van der Waals surface area (Å²) in [6.45, 7) is 1.90. The van der Waals surface area contributed by atoms with Gasteiger partial charge >= 0.3 is 0 Å². The molecular weight excluding hydrogens is 524 g/mol. The Kier molecular flexibility index (Phi) is 8.31. The molecule has 2 aromatic carbocycles. The van der Waals surface area contributed by atoms with E-state index in [1.54, 1.807) is 19.2 Å². The Hall–Kier alpha value is -2.55. The van der Waals surface area contributed by atoms with Gasteiger partial charge in [0, 0.05) is 31.6 Å². The predicted molar refractivity (Wildman–Crippen MR) is 148 cm³/mol. The van der Waals surface area contributed by atoms with Crippen LogP contribution in [0, 0.1) is 11.8 Å². The molecule has 3 atom stereocenters. The normalized spacial score (nSPS) is 26.5. The first-order valence-electron chi connectivity index (χ1n) is 13.4. The Bertz CT molecular complexity index is 1310. The van der Waals surface area contributed by atoms with E-state index in [0.29, 0.717) is 35.6 Å². The van der Waals surface area contributed by atoms with Crippen molar-refractivity contribution in [3.05, 3.63) is 64.7 Å². The maximum Gasteiger partial charge on any atom is 0.264 e. The molecule has 2 heterocycles. The van der Waals surface area contributed by atoms with E-state index in [9.17, 15) is 13.2 Å². The standard InChI is InChI=1S/C29H35ClN2O5S/c1-36-27-7-2-3-8-29(33)31-38(34,35)24-12-14-28-26(17-24)32(18-21-10-13-25(21)27)15-5-4-6-20-16-23(30)11-9-22(20)19-37-28/h2,7,9,11-12,14,16-17,21,25,27H,3-6,8,10,13,15,18-19H2,1H3,(H,31,33)/b7-2+/t21-,25+,27+/m0/s1. The Labute approximate surface area is 230 Å². The summed E-state index contributed by atoms with van der Waals surface area (Å²) in [6.07, 6.45) is 9.45. The molecule has 0 aromatic heterocycles. The molecule has 2 aromatic rings.